The summed E-state index contributed by atoms with van der Waals surface area (Å²) in [6.45, 7) is -3.15. The summed E-state index contributed by atoms with van der Waals surface area (Å²) in [5.41, 5.74) is -1.18. The number of hydrogen-bond donors (Lipinski definition) is 2. The number of rotatable bonds is 6. The molecule has 2 aromatic heterocycles. The van der Waals surface area contributed by atoms with Crippen molar-refractivity contribution in [2.75, 3.05) is 13.3 Å². The third kappa shape index (κ3) is 2.77. The van der Waals surface area contributed by atoms with Crippen LogP contribution in [0.2, 0.25) is 5.02 Å². The normalized spacial score (nSPS) is 20.1. The van der Waals surface area contributed by atoms with Gasteiger partial charge in [-0.05, 0) is 24.8 Å². The monoisotopic (exact) mass is 396 g/mol. The van der Waals surface area contributed by atoms with E-state index in [2.05, 4.69) is 10.1 Å². The van der Waals surface area contributed by atoms with Gasteiger partial charge in [-0.15, -0.1) is 0 Å². The smallest absolute Gasteiger partial charge is 0.334 e. The molecule has 0 bridgehead atoms. The van der Waals surface area contributed by atoms with Crippen LogP contribution in [0.5, 0.6) is 0 Å². The van der Waals surface area contributed by atoms with E-state index in [0.717, 1.165) is 12.1 Å². The summed E-state index contributed by atoms with van der Waals surface area (Å²) < 4.78 is 27.9. The molecular formula is C17H15ClF2N4O3. The highest BCUT2D eigenvalue weighted by atomic mass is 35.5. The maximum Gasteiger partial charge on any atom is 0.334 e. The van der Waals surface area contributed by atoms with Crippen LogP contribution in [-0.4, -0.2) is 50.6 Å². The second-order valence-electron chi connectivity index (χ2n) is 6.87. The number of nitrogens with one attached hydrogen (secondary N) is 1. The lowest BCUT2D eigenvalue weighted by molar-refractivity contribution is -0.146. The van der Waals surface area contributed by atoms with Gasteiger partial charge >= 0.3 is 5.97 Å². The second-order valence-corrected chi connectivity index (χ2v) is 7.31. The summed E-state index contributed by atoms with van der Waals surface area (Å²) in [5.74, 6) is -1.66. The largest absolute Gasteiger partial charge is 0.479 e. The number of alkyl halides is 2. The molecule has 2 heterocycles. The van der Waals surface area contributed by atoms with Crippen molar-refractivity contribution in [1.29, 1.82) is 0 Å². The first-order valence-electron chi connectivity index (χ1n) is 8.31. The van der Waals surface area contributed by atoms with E-state index in [1.165, 1.54) is 10.9 Å². The number of hydrogen-bond acceptors (Lipinski definition) is 4. The summed E-state index contributed by atoms with van der Waals surface area (Å²) in [5, 5.41) is 15.8. The highest BCUT2D eigenvalue weighted by Crippen LogP contribution is 2.57. The van der Waals surface area contributed by atoms with E-state index in [1.807, 2.05) is 5.32 Å². The summed E-state index contributed by atoms with van der Waals surface area (Å²) >= 11 is 6.01. The van der Waals surface area contributed by atoms with Gasteiger partial charge in [0, 0.05) is 28.8 Å². The number of fused-ring (bicyclic) bond motifs is 3. The molecule has 27 heavy (non-hydrogen) atoms. The molecule has 0 aromatic carbocycles. The molecule has 1 amide bonds. The third-order valence-corrected chi connectivity index (χ3v) is 5.36. The van der Waals surface area contributed by atoms with Gasteiger partial charge in [0.25, 0.3) is 5.91 Å². The molecule has 1 fully saturated rings. The summed E-state index contributed by atoms with van der Waals surface area (Å²) in [7, 11) is 0. The Morgan fingerprint density at radius 3 is 2.78 bits per heavy atom. The summed E-state index contributed by atoms with van der Waals surface area (Å²) in [4.78, 5) is 28.1. The fraction of sp³-hybridized carbons (Fsp3) is 0.412. The SMILES string of the molecule is O=C(NC(CF)(CF)C(=O)O)c1nn(-c2cc(Cl)ccn2)c2c1C[C@@H]1C[C@H]21. The second kappa shape index (κ2) is 6.26. The molecule has 0 unspecified atom stereocenters. The van der Waals surface area contributed by atoms with Gasteiger partial charge in [0.1, 0.15) is 13.3 Å². The highest BCUT2D eigenvalue weighted by Gasteiger charge is 2.51. The summed E-state index contributed by atoms with van der Waals surface area (Å²) in [6.07, 6.45) is 3.08. The Labute approximate surface area is 157 Å². The van der Waals surface area contributed by atoms with E-state index in [1.54, 1.807) is 12.1 Å². The van der Waals surface area contributed by atoms with Crippen molar-refractivity contribution < 1.29 is 23.5 Å². The molecule has 7 nitrogen and oxygen atoms in total. The molecule has 0 radical (unpaired) electrons. The van der Waals surface area contributed by atoms with Crippen LogP contribution in [0.15, 0.2) is 18.3 Å². The predicted molar refractivity (Wildman–Crippen MR) is 90.7 cm³/mol. The topological polar surface area (TPSA) is 97.1 Å². The quantitative estimate of drug-likeness (QED) is 0.779. The fourth-order valence-corrected chi connectivity index (χ4v) is 3.68. The van der Waals surface area contributed by atoms with Gasteiger partial charge < -0.3 is 10.4 Å². The van der Waals surface area contributed by atoms with Crippen molar-refractivity contribution >= 4 is 23.5 Å². The van der Waals surface area contributed by atoms with Crippen molar-refractivity contribution in [2.45, 2.75) is 24.3 Å². The molecule has 0 saturated heterocycles. The van der Waals surface area contributed by atoms with Crippen LogP contribution in [0, 0.1) is 5.92 Å². The van der Waals surface area contributed by atoms with Crippen molar-refractivity contribution in [3.63, 3.8) is 0 Å². The molecule has 2 N–H and O–H groups in total. The minimum atomic E-state index is -2.62. The Bertz CT molecular complexity index is 944. The van der Waals surface area contributed by atoms with Gasteiger partial charge in [-0.2, -0.15) is 5.10 Å². The molecule has 2 aliphatic rings. The Kier molecular flexibility index (Phi) is 4.14. The van der Waals surface area contributed by atoms with Crippen molar-refractivity contribution in [2.24, 2.45) is 5.92 Å². The molecule has 1 saturated carbocycles. The van der Waals surface area contributed by atoms with Crippen LogP contribution in [0.1, 0.15) is 34.1 Å². The Morgan fingerprint density at radius 2 is 2.15 bits per heavy atom. The zero-order chi connectivity index (χ0) is 19.3. The molecule has 2 atom stereocenters. The molecule has 2 aromatic rings. The number of carbonyl (C=O) groups excluding carboxylic acids is 1. The van der Waals surface area contributed by atoms with Crippen LogP contribution < -0.4 is 5.32 Å². The van der Waals surface area contributed by atoms with E-state index in [9.17, 15) is 18.4 Å². The maximum atomic E-state index is 13.2. The standard InChI is InChI=1S/C17H15ClF2N4O3/c18-9-1-2-21-12(5-9)24-14-10-3-8(10)4-11(14)13(23-24)15(25)22-17(6-19,7-20)16(26)27/h1-2,5,8,10H,3-4,6-7H2,(H,22,25)(H,26,27)/t8-,10-/m0/s1. The minimum Gasteiger partial charge on any atom is -0.479 e. The minimum absolute atomic E-state index is 0.0356. The molecule has 4 rings (SSSR count). The van der Waals surface area contributed by atoms with E-state index in [0.29, 0.717) is 28.7 Å². The molecule has 10 heteroatoms. The number of amides is 1. The third-order valence-electron chi connectivity index (χ3n) is 5.12. The fourth-order valence-electron chi connectivity index (χ4n) is 3.53. The number of pyridine rings is 1. The predicted octanol–water partition coefficient (Wildman–Crippen LogP) is 2.07. The van der Waals surface area contributed by atoms with Gasteiger partial charge in [0.05, 0.1) is 5.69 Å². The Hall–Kier alpha value is -2.55. The van der Waals surface area contributed by atoms with Crippen molar-refractivity contribution in [3.05, 3.63) is 40.3 Å². The average Bonchev–Trinajstić information content (AvgIpc) is 3.14. The van der Waals surface area contributed by atoms with Crippen molar-refractivity contribution in [1.82, 2.24) is 20.1 Å². The van der Waals surface area contributed by atoms with E-state index in [4.69, 9.17) is 16.7 Å². The van der Waals surface area contributed by atoms with Crippen LogP contribution in [-0.2, 0) is 11.2 Å². The van der Waals surface area contributed by atoms with Crippen LogP contribution in [0.3, 0.4) is 0 Å². The first-order chi connectivity index (χ1) is 12.9. The lowest BCUT2D eigenvalue weighted by Gasteiger charge is -2.23. The zero-order valence-electron chi connectivity index (χ0n) is 14.0. The van der Waals surface area contributed by atoms with Gasteiger partial charge in [-0.25, -0.2) is 23.2 Å². The number of aliphatic carboxylic acids is 1. The van der Waals surface area contributed by atoms with E-state index >= 15 is 0 Å². The van der Waals surface area contributed by atoms with Gasteiger partial charge in [0.2, 0.25) is 0 Å². The van der Waals surface area contributed by atoms with Crippen LogP contribution in [0.25, 0.3) is 5.82 Å². The molecule has 142 valence electrons. The number of halogens is 3. The lowest BCUT2D eigenvalue weighted by Crippen LogP contribution is -2.58. The van der Waals surface area contributed by atoms with Gasteiger partial charge in [-0.1, -0.05) is 11.6 Å². The number of aromatic nitrogens is 3. The maximum absolute atomic E-state index is 13.2. The Morgan fingerprint density at radius 1 is 1.41 bits per heavy atom. The number of carboxylic acids is 1. The number of carboxylic acid groups (broad SMARTS) is 1. The molecule has 0 aliphatic heterocycles. The van der Waals surface area contributed by atoms with Crippen LogP contribution >= 0.6 is 11.6 Å². The van der Waals surface area contributed by atoms with Crippen LogP contribution in [0.4, 0.5) is 8.78 Å². The first-order valence-corrected chi connectivity index (χ1v) is 8.69. The Balaban J connectivity index is 1.74. The molecule has 0 spiro atoms. The van der Waals surface area contributed by atoms with E-state index < -0.39 is 30.8 Å². The van der Waals surface area contributed by atoms with Crippen molar-refractivity contribution in [3.8, 4) is 5.82 Å². The summed E-state index contributed by atoms with van der Waals surface area (Å²) in [6, 6.07) is 3.20. The molecular weight excluding hydrogens is 382 g/mol. The first kappa shape index (κ1) is 17.8. The number of nitrogens with zero attached hydrogens (tertiary/aromatic N) is 3. The highest BCUT2D eigenvalue weighted by molar-refractivity contribution is 6.30. The lowest BCUT2D eigenvalue weighted by atomic mass is 10.0. The average molecular weight is 397 g/mol. The van der Waals surface area contributed by atoms with E-state index in [-0.39, 0.29) is 11.6 Å². The zero-order valence-corrected chi connectivity index (χ0v) is 14.7. The van der Waals surface area contributed by atoms with Gasteiger partial charge in [-0.3, -0.25) is 4.79 Å². The number of carbonyl (C=O) groups is 2. The molecule has 2 aliphatic carbocycles. The van der Waals surface area contributed by atoms with Gasteiger partial charge in [0.15, 0.2) is 17.1 Å².